The van der Waals surface area contributed by atoms with Crippen LogP contribution in [0.1, 0.15) is 51.4 Å². The van der Waals surface area contributed by atoms with Crippen LogP contribution in [0.3, 0.4) is 0 Å². The van der Waals surface area contributed by atoms with Gasteiger partial charge in [-0.15, -0.1) is 0 Å². The molecular weight excluding hydrogens is 252 g/mol. The van der Waals surface area contributed by atoms with E-state index < -0.39 is 11.9 Å². The molecule has 0 bridgehead atoms. The molecule has 1 rings (SSSR count). The third kappa shape index (κ3) is 6.54. The Morgan fingerprint density at radius 2 is 1.47 bits per heavy atom. The zero-order valence-corrected chi connectivity index (χ0v) is 10.7. The molecule has 0 saturated carbocycles. The predicted octanol–water partition coefficient (Wildman–Crippen LogP) is 1.97. The van der Waals surface area contributed by atoms with Gasteiger partial charge in [0.25, 0.3) is 0 Å². The third-order valence-corrected chi connectivity index (χ3v) is 2.66. The minimum Gasteiger partial charge on any atom is -0.412 e. The lowest BCUT2D eigenvalue weighted by Gasteiger charge is -2.09. The lowest BCUT2D eigenvalue weighted by atomic mass is 10.1. The van der Waals surface area contributed by atoms with Gasteiger partial charge in [0.2, 0.25) is 5.90 Å². The third-order valence-electron chi connectivity index (χ3n) is 2.66. The van der Waals surface area contributed by atoms with Gasteiger partial charge in [-0.1, -0.05) is 18.0 Å². The largest absolute Gasteiger partial charge is 0.412 e. The van der Waals surface area contributed by atoms with Gasteiger partial charge in [0, 0.05) is 25.7 Å². The zero-order valence-electron chi connectivity index (χ0n) is 10.7. The minimum absolute atomic E-state index is 0.0361. The first-order valence-corrected chi connectivity index (χ1v) is 6.31. The maximum Gasteiger partial charge on any atom is 0.312 e. The van der Waals surface area contributed by atoms with Gasteiger partial charge in [0.05, 0.1) is 0 Å². The molecule has 1 aliphatic heterocycles. The number of hydrogen-bond donors (Lipinski definition) is 2. The number of carbonyl (C=O) groups is 2. The number of ether oxygens (including phenoxy) is 2. The summed E-state index contributed by atoms with van der Waals surface area (Å²) < 4.78 is 9.63. The second-order valence-corrected chi connectivity index (χ2v) is 4.28. The zero-order chi connectivity index (χ0) is 14.1. The van der Waals surface area contributed by atoms with E-state index in [0.717, 1.165) is 12.8 Å². The van der Waals surface area contributed by atoms with Crippen molar-refractivity contribution in [3.63, 3.8) is 0 Å². The molecule has 7 heteroatoms. The van der Waals surface area contributed by atoms with Crippen LogP contribution in [0.15, 0.2) is 5.16 Å². The molecule has 0 amide bonds. The fraction of sp³-hybridized carbons (Fsp3) is 0.667. The van der Waals surface area contributed by atoms with Crippen molar-refractivity contribution in [2.75, 3.05) is 0 Å². The van der Waals surface area contributed by atoms with Crippen molar-refractivity contribution in [3.8, 4) is 0 Å². The molecule has 1 heterocycles. The van der Waals surface area contributed by atoms with E-state index in [1.807, 2.05) is 0 Å². The summed E-state index contributed by atoms with van der Waals surface area (Å²) in [6.07, 6.45) is 3.58. The Kier molecular flexibility index (Phi) is 6.56. The average Bonchev–Trinajstić information content (AvgIpc) is 2.37. The fourth-order valence-corrected chi connectivity index (χ4v) is 1.66. The smallest absolute Gasteiger partial charge is 0.312 e. The first-order valence-electron chi connectivity index (χ1n) is 6.31. The highest BCUT2D eigenvalue weighted by Crippen LogP contribution is 2.09. The summed E-state index contributed by atoms with van der Waals surface area (Å²) in [6, 6.07) is 0. The van der Waals surface area contributed by atoms with Crippen LogP contribution in [0.25, 0.3) is 0 Å². The molecule has 0 spiro atoms. The van der Waals surface area contributed by atoms with Gasteiger partial charge in [-0.3, -0.25) is 15.0 Å². The molecule has 106 valence electrons. The fourth-order valence-electron chi connectivity index (χ4n) is 1.66. The maximum absolute atomic E-state index is 11.4. The molecule has 0 aliphatic carbocycles. The summed E-state index contributed by atoms with van der Waals surface area (Å²) in [5.41, 5.74) is 0. The van der Waals surface area contributed by atoms with Crippen LogP contribution >= 0.6 is 0 Å². The van der Waals surface area contributed by atoms with E-state index >= 15 is 0 Å². The van der Waals surface area contributed by atoms with Crippen LogP contribution in [0.5, 0.6) is 0 Å². The van der Waals surface area contributed by atoms with Crippen molar-refractivity contribution in [1.82, 2.24) is 0 Å². The normalized spacial score (nSPS) is 22.5. The minimum atomic E-state index is -0.451. The molecule has 0 aromatic rings. The van der Waals surface area contributed by atoms with Crippen LogP contribution in [-0.2, 0) is 19.1 Å². The molecule has 19 heavy (non-hydrogen) atoms. The van der Waals surface area contributed by atoms with Gasteiger partial charge in [0.15, 0.2) is 5.90 Å². The number of esters is 2. The van der Waals surface area contributed by atoms with Gasteiger partial charge >= 0.3 is 11.9 Å². The monoisotopic (exact) mass is 270 g/mol. The molecule has 0 aromatic carbocycles. The maximum atomic E-state index is 11.4. The van der Waals surface area contributed by atoms with Crippen molar-refractivity contribution in [3.05, 3.63) is 0 Å². The number of oxime groups is 1. The highest BCUT2D eigenvalue weighted by Gasteiger charge is 2.14. The first-order chi connectivity index (χ1) is 9.11. The van der Waals surface area contributed by atoms with Gasteiger partial charge in [-0.05, 0) is 12.8 Å². The number of cyclic esters (lactones) is 2. The van der Waals surface area contributed by atoms with Crippen molar-refractivity contribution >= 4 is 23.7 Å². The van der Waals surface area contributed by atoms with E-state index in [1.165, 1.54) is 0 Å². The molecule has 1 saturated heterocycles. The Morgan fingerprint density at radius 3 is 2.05 bits per heavy atom. The molecule has 0 unspecified atom stereocenters. The molecule has 2 N–H and O–H groups in total. The Bertz CT molecular complexity index is 378. The highest BCUT2D eigenvalue weighted by atomic mass is 16.6. The second-order valence-electron chi connectivity index (χ2n) is 4.28. The van der Waals surface area contributed by atoms with E-state index in [9.17, 15) is 9.59 Å². The van der Waals surface area contributed by atoms with Crippen LogP contribution in [-0.4, -0.2) is 28.9 Å². The van der Waals surface area contributed by atoms with Crippen molar-refractivity contribution in [1.29, 1.82) is 5.41 Å². The number of carbonyl (C=O) groups excluding carboxylic acids is 2. The van der Waals surface area contributed by atoms with Crippen LogP contribution in [0, 0.1) is 5.41 Å². The van der Waals surface area contributed by atoms with E-state index in [2.05, 4.69) is 5.16 Å². The van der Waals surface area contributed by atoms with Crippen molar-refractivity contribution in [2.45, 2.75) is 51.4 Å². The Morgan fingerprint density at radius 1 is 0.895 bits per heavy atom. The lowest BCUT2D eigenvalue weighted by molar-refractivity contribution is -0.137. The number of hydrogen-bond acceptors (Lipinski definition) is 7. The summed E-state index contributed by atoms with van der Waals surface area (Å²) >= 11 is 0. The van der Waals surface area contributed by atoms with E-state index in [1.54, 1.807) is 0 Å². The first kappa shape index (κ1) is 15.1. The summed E-state index contributed by atoms with van der Waals surface area (Å²) in [5.74, 6) is -1.27. The molecule has 0 atom stereocenters. The average molecular weight is 270 g/mol. The van der Waals surface area contributed by atoms with E-state index in [-0.39, 0.29) is 37.5 Å². The van der Waals surface area contributed by atoms with Gasteiger partial charge in [0.1, 0.15) is 0 Å². The molecule has 1 aliphatic rings. The summed E-state index contributed by atoms with van der Waals surface area (Å²) in [7, 11) is 0. The van der Waals surface area contributed by atoms with E-state index in [0.29, 0.717) is 12.8 Å². The van der Waals surface area contributed by atoms with Crippen molar-refractivity contribution in [2.24, 2.45) is 5.16 Å². The lowest BCUT2D eigenvalue weighted by Crippen LogP contribution is -2.17. The van der Waals surface area contributed by atoms with Gasteiger partial charge < -0.3 is 14.7 Å². The Labute approximate surface area is 111 Å². The van der Waals surface area contributed by atoms with Crippen LogP contribution < -0.4 is 0 Å². The molecule has 1 fully saturated rings. The molecular formula is C12H18N2O5. The van der Waals surface area contributed by atoms with Gasteiger partial charge in [-0.2, -0.15) is 0 Å². The quantitative estimate of drug-likeness (QED) is 0.397. The SMILES string of the molecule is N=C1CCC(=NO)OC(=O)CCCCCCC(=O)O1. The Balaban J connectivity index is 2.57. The molecule has 0 aromatic heterocycles. The summed E-state index contributed by atoms with van der Waals surface area (Å²) in [6.45, 7) is 0. The van der Waals surface area contributed by atoms with Crippen molar-refractivity contribution < 1.29 is 24.3 Å². The number of nitrogens with zero attached hydrogens (tertiary/aromatic N) is 1. The van der Waals surface area contributed by atoms with Gasteiger partial charge in [-0.25, -0.2) is 0 Å². The second kappa shape index (κ2) is 8.23. The molecule has 7 nitrogen and oxygen atoms in total. The number of rotatable bonds is 0. The Hall–Kier alpha value is -1.92. The van der Waals surface area contributed by atoms with Crippen LogP contribution in [0.4, 0.5) is 0 Å². The topological polar surface area (TPSA) is 109 Å². The molecule has 0 radical (unpaired) electrons. The van der Waals surface area contributed by atoms with E-state index in [4.69, 9.17) is 20.1 Å². The standard InChI is InChI=1S/C12H18N2O5/c13-9-7-8-10(14-17)19-12(16)6-4-2-1-3-5-11(15)18-9/h13,17H,1-8H2. The summed E-state index contributed by atoms with van der Waals surface area (Å²) in [4.78, 5) is 22.7. The highest BCUT2D eigenvalue weighted by molar-refractivity contribution is 5.92. The predicted molar refractivity (Wildman–Crippen MR) is 66.1 cm³/mol. The summed E-state index contributed by atoms with van der Waals surface area (Å²) in [5, 5.41) is 19.0. The van der Waals surface area contributed by atoms with Crippen LogP contribution in [0.2, 0.25) is 0 Å². The number of nitrogens with one attached hydrogen (secondary N) is 1.